The van der Waals surface area contributed by atoms with E-state index in [1.807, 2.05) is 0 Å². The van der Waals surface area contributed by atoms with Crippen LogP contribution in [0.3, 0.4) is 0 Å². The Morgan fingerprint density at radius 1 is 1.05 bits per heavy atom. The van der Waals surface area contributed by atoms with E-state index in [1.54, 1.807) is 30.6 Å². The average molecular weight is 330 g/mol. The van der Waals surface area contributed by atoms with Crippen LogP contribution in [-0.4, -0.2) is 4.98 Å². The Hall–Kier alpha value is -1.36. The van der Waals surface area contributed by atoms with E-state index in [2.05, 4.69) is 20.9 Å². The highest BCUT2D eigenvalue weighted by Gasteiger charge is 2.34. The third kappa shape index (κ3) is 3.56. The first-order valence-electron chi connectivity index (χ1n) is 5.67. The SMILES string of the molecule is FC(F)(F)c1ccccc1C(Br)Cc1ccncc1. The lowest BCUT2D eigenvalue weighted by atomic mass is 10.00. The highest BCUT2D eigenvalue weighted by atomic mass is 79.9. The molecule has 0 spiro atoms. The van der Waals surface area contributed by atoms with Gasteiger partial charge in [0.15, 0.2) is 0 Å². The van der Waals surface area contributed by atoms with Crippen molar-refractivity contribution in [3.63, 3.8) is 0 Å². The molecule has 0 bridgehead atoms. The van der Waals surface area contributed by atoms with Gasteiger partial charge in [-0.05, 0) is 35.7 Å². The van der Waals surface area contributed by atoms with Gasteiger partial charge in [-0.15, -0.1) is 0 Å². The number of pyridine rings is 1. The second-order valence-corrected chi connectivity index (χ2v) is 5.22. The van der Waals surface area contributed by atoms with Crippen molar-refractivity contribution in [2.45, 2.75) is 17.4 Å². The number of hydrogen-bond donors (Lipinski definition) is 0. The molecule has 1 unspecified atom stereocenters. The van der Waals surface area contributed by atoms with Gasteiger partial charge in [0.2, 0.25) is 0 Å². The normalized spacial score (nSPS) is 13.3. The Balaban J connectivity index is 2.27. The quantitative estimate of drug-likeness (QED) is 0.738. The van der Waals surface area contributed by atoms with Gasteiger partial charge < -0.3 is 0 Å². The highest BCUT2D eigenvalue weighted by Crippen LogP contribution is 2.38. The van der Waals surface area contributed by atoms with Crippen LogP contribution in [-0.2, 0) is 12.6 Å². The number of hydrogen-bond acceptors (Lipinski definition) is 1. The number of alkyl halides is 4. The average Bonchev–Trinajstić information content (AvgIpc) is 2.39. The molecule has 1 heterocycles. The fourth-order valence-electron chi connectivity index (χ4n) is 1.86. The van der Waals surface area contributed by atoms with E-state index in [-0.39, 0.29) is 10.4 Å². The van der Waals surface area contributed by atoms with Crippen LogP contribution >= 0.6 is 15.9 Å². The summed E-state index contributed by atoms with van der Waals surface area (Å²) in [5.41, 5.74) is 0.603. The van der Waals surface area contributed by atoms with Crippen molar-refractivity contribution in [2.75, 3.05) is 0 Å². The summed E-state index contributed by atoms with van der Waals surface area (Å²) >= 11 is 3.35. The number of halogens is 4. The number of rotatable bonds is 3. The maximum absolute atomic E-state index is 12.9. The Morgan fingerprint density at radius 2 is 1.68 bits per heavy atom. The van der Waals surface area contributed by atoms with Crippen molar-refractivity contribution >= 4 is 15.9 Å². The third-order valence-electron chi connectivity index (χ3n) is 2.77. The van der Waals surface area contributed by atoms with Gasteiger partial charge >= 0.3 is 6.18 Å². The largest absolute Gasteiger partial charge is 0.416 e. The Bertz CT molecular complexity index is 540. The topological polar surface area (TPSA) is 12.9 Å². The molecule has 0 aliphatic rings. The summed E-state index contributed by atoms with van der Waals surface area (Å²) in [4.78, 5) is 3.51. The zero-order valence-corrected chi connectivity index (χ0v) is 11.4. The molecule has 1 aromatic carbocycles. The molecule has 1 aromatic heterocycles. The predicted molar refractivity (Wildman–Crippen MR) is 71.1 cm³/mol. The lowest BCUT2D eigenvalue weighted by Gasteiger charge is -2.17. The molecule has 0 saturated heterocycles. The fourth-order valence-corrected chi connectivity index (χ4v) is 2.64. The van der Waals surface area contributed by atoms with Gasteiger partial charge in [0.1, 0.15) is 0 Å². The zero-order valence-electron chi connectivity index (χ0n) is 9.86. The molecule has 0 radical (unpaired) electrons. The molecule has 1 nitrogen and oxygen atoms in total. The van der Waals surface area contributed by atoms with Crippen LogP contribution in [0.5, 0.6) is 0 Å². The molecule has 1 atom stereocenters. The molecular formula is C14H11BrF3N. The van der Waals surface area contributed by atoms with E-state index < -0.39 is 11.7 Å². The van der Waals surface area contributed by atoms with Crippen LogP contribution in [0.1, 0.15) is 21.5 Å². The standard InChI is InChI=1S/C14H11BrF3N/c15-13(9-10-5-7-19-8-6-10)11-3-1-2-4-12(11)14(16,17)18/h1-8,13H,9H2. The fraction of sp³-hybridized carbons (Fsp3) is 0.214. The number of benzene rings is 1. The van der Waals surface area contributed by atoms with Crippen LogP contribution in [0.25, 0.3) is 0 Å². The molecule has 0 aliphatic carbocycles. The van der Waals surface area contributed by atoms with Crippen molar-refractivity contribution in [1.82, 2.24) is 4.98 Å². The van der Waals surface area contributed by atoms with Crippen LogP contribution in [0.4, 0.5) is 13.2 Å². The first kappa shape index (κ1) is 14.1. The maximum Gasteiger partial charge on any atom is 0.416 e. The zero-order chi connectivity index (χ0) is 13.9. The summed E-state index contributed by atoms with van der Waals surface area (Å²) in [6, 6.07) is 9.22. The summed E-state index contributed by atoms with van der Waals surface area (Å²) in [6.45, 7) is 0. The van der Waals surface area contributed by atoms with Crippen molar-refractivity contribution in [2.24, 2.45) is 0 Å². The van der Waals surface area contributed by atoms with Gasteiger partial charge in [0, 0.05) is 17.2 Å². The van der Waals surface area contributed by atoms with E-state index in [0.29, 0.717) is 6.42 Å². The molecule has 0 saturated carbocycles. The molecule has 5 heteroatoms. The molecule has 0 fully saturated rings. The van der Waals surface area contributed by atoms with E-state index in [4.69, 9.17) is 0 Å². The Labute approximate surface area is 117 Å². The van der Waals surface area contributed by atoms with Gasteiger partial charge in [-0.3, -0.25) is 4.98 Å². The van der Waals surface area contributed by atoms with E-state index in [9.17, 15) is 13.2 Å². The molecule has 0 amide bonds. The van der Waals surface area contributed by atoms with Crippen molar-refractivity contribution in [3.8, 4) is 0 Å². The second kappa shape index (κ2) is 5.74. The number of nitrogens with zero attached hydrogens (tertiary/aromatic N) is 1. The van der Waals surface area contributed by atoms with Crippen LogP contribution < -0.4 is 0 Å². The van der Waals surface area contributed by atoms with Crippen molar-refractivity contribution < 1.29 is 13.2 Å². The second-order valence-electron chi connectivity index (χ2n) is 4.11. The predicted octanol–water partition coefficient (Wildman–Crippen LogP) is 4.78. The lowest BCUT2D eigenvalue weighted by Crippen LogP contribution is -2.10. The van der Waals surface area contributed by atoms with E-state index >= 15 is 0 Å². The minimum Gasteiger partial charge on any atom is -0.265 e. The Kier molecular flexibility index (Phi) is 4.24. The summed E-state index contributed by atoms with van der Waals surface area (Å²) in [7, 11) is 0. The van der Waals surface area contributed by atoms with Crippen molar-refractivity contribution in [1.29, 1.82) is 0 Å². The van der Waals surface area contributed by atoms with Gasteiger partial charge in [-0.2, -0.15) is 13.2 Å². The van der Waals surface area contributed by atoms with Gasteiger partial charge in [0.25, 0.3) is 0 Å². The molecule has 2 rings (SSSR count). The van der Waals surface area contributed by atoms with Crippen LogP contribution in [0.2, 0.25) is 0 Å². The molecule has 2 aromatic rings. The van der Waals surface area contributed by atoms with Gasteiger partial charge in [-0.1, -0.05) is 34.1 Å². The smallest absolute Gasteiger partial charge is 0.265 e. The molecular weight excluding hydrogens is 319 g/mol. The first-order chi connectivity index (χ1) is 8.98. The van der Waals surface area contributed by atoms with E-state index in [0.717, 1.165) is 11.6 Å². The highest BCUT2D eigenvalue weighted by molar-refractivity contribution is 9.09. The lowest BCUT2D eigenvalue weighted by molar-refractivity contribution is -0.138. The minimum atomic E-state index is -4.33. The van der Waals surface area contributed by atoms with Gasteiger partial charge in [-0.25, -0.2) is 0 Å². The maximum atomic E-state index is 12.9. The summed E-state index contributed by atoms with van der Waals surface area (Å²) < 4.78 is 38.7. The first-order valence-corrected chi connectivity index (χ1v) is 6.59. The molecule has 0 aliphatic heterocycles. The molecule has 19 heavy (non-hydrogen) atoms. The summed E-state index contributed by atoms with van der Waals surface area (Å²) in [5.74, 6) is 0. The Morgan fingerprint density at radius 3 is 2.32 bits per heavy atom. The van der Waals surface area contributed by atoms with Crippen LogP contribution in [0.15, 0.2) is 48.8 Å². The van der Waals surface area contributed by atoms with Crippen LogP contribution in [0, 0.1) is 0 Å². The summed E-state index contributed by atoms with van der Waals surface area (Å²) in [6.07, 6.45) is -0.591. The van der Waals surface area contributed by atoms with Crippen molar-refractivity contribution in [3.05, 3.63) is 65.5 Å². The monoisotopic (exact) mass is 329 g/mol. The number of aromatic nitrogens is 1. The third-order valence-corrected chi connectivity index (χ3v) is 3.58. The molecule has 100 valence electrons. The minimum absolute atomic E-state index is 0.256. The van der Waals surface area contributed by atoms with Gasteiger partial charge in [0.05, 0.1) is 5.56 Å². The summed E-state index contributed by atoms with van der Waals surface area (Å²) in [5, 5.41) is 0. The van der Waals surface area contributed by atoms with E-state index in [1.165, 1.54) is 12.1 Å². The molecule has 0 N–H and O–H groups in total.